The van der Waals surface area contributed by atoms with E-state index >= 15 is 0 Å². The van der Waals surface area contributed by atoms with Crippen molar-refractivity contribution in [3.63, 3.8) is 0 Å². The van der Waals surface area contributed by atoms with Crippen LogP contribution >= 0.6 is 11.8 Å². The zero-order valence-corrected chi connectivity index (χ0v) is 10.6. The molecule has 1 rings (SSSR count). The molecule has 0 heterocycles. The highest BCUT2D eigenvalue weighted by molar-refractivity contribution is 8.02. The van der Waals surface area contributed by atoms with Crippen LogP contribution in [0.25, 0.3) is 0 Å². The minimum atomic E-state index is 1.06. The zero-order valence-electron chi connectivity index (χ0n) is 9.75. The van der Waals surface area contributed by atoms with Gasteiger partial charge >= 0.3 is 0 Å². The number of rotatable bonds is 6. The Morgan fingerprint density at radius 1 is 1.27 bits per heavy atom. The van der Waals surface area contributed by atoms with Gasteiger partial charge in [0.25, 0.3) is 0 Å². The van der Waals surface area contributed by atoms with Crippen LogP contribution in [0.15, 0.2) is 35.7 Å². The quantitative estimate of drug-likeness (QED) is 0.655. The van der Waals surface area contributed by atoms with Gasteiger partial charge in [-0.25, -0.2) is 0 Å². The molecule has 0 aliphatic heterocycles. The average Bonchev–Trinajstić information content (AvgIpc) is 2.25. The Hall–Kier alpha value is -0.690. The Morgan fingerprint density at radius 2 is 1.93 bits per heavy atom. The summed E-state index contributed by atoms with van der Waals surface area (Å²) in [6.45, 7) is 8.43. The van der Waals surface area contributed by atoms with Crippen LogP contribution in [0.2, 0.25) is 0 Å². The molecular formula is C14H20S. The lowest BCUT2D eigenvalue weighted by molar-refractivity contribution is 0.810. The van der Waals surface area contributed by atoms with E-state index in [1.807, 2.05) is 11.8 Å². The molecular weight excluding hydrogens is 200 g/mol. The van der Waals surface area contributed by atoms with Crippen molar-refractivity contribution < 1.29 is 0 Å². The number of thioether (sulfide) groups is 1. The van der Waals surface area contributed by atoms with Gasteiger partial charge in [0.05, 0.1) is 0 Å². The summed E-state index contributed by atoms with van der Waals surface area (Å²) in [4.78, 5) is 1.32. The van der Waals surface area contributed by atoms with Crippen LogP contribution in [0.4, 0.5) is 0 Å². The summed E-state index contributed by atoms with van der Waals surface area (Å²) in [5.74, 6) is 1.06. The van der Waals surface area contributed by atoms with Crippen molar-refractivity contribution in [2.75, 3.05) is 0 Å². The lowest BCUT2D eigenvalue weighted by Crippen LogP contribution is -1.82. The van der Waals surface area contributed by atoms with E-state index in [0.717, 1.165) is 12.2 Å². The van der Waals surface area contributed by atoms with Gasteiger partial charge in [-0.15, -0.1) is 11.8 Å². The van der Waals surface area contributed by atoms with E-state index in [2.05, 4.69) is 44.7 Å². The van der Waals surface area contributed by atoms with Gasteiger partial charge in [-0.1, -0.05) is 49.8 Å². The fourth-order valence-electron chi connectivity index (χ4n) is 1.32. The maximum atomic E-state index is 4.09. The van der Waals surface area contributed by atoms with E-state index in [1.165, 1.54) is 28.9 Å². The Balaban J connectivity index is 2.30. The number of aryl methyl sites for hydroxylation is 1. The van der Waals surface area contributed by atoms with Crippen LogP contribution in [0.5, 0.6) is 0 Å². The van der Waals surface area contributed by atoms with Gasteiger partial charge in [0.15, 0.2) is 0 Å². The molecule has 0 atom stereocenters. The maximum absolute atomic E-state index is 4.09. The van der Waals surface area contributed by atoms with E-state index < -0.39 is 0 Å². The molecule has 0 saturated carbocycles. The van der Waals surface area contributed by atoms with Crippen LogP contribution < -0.4 is 0 Å². The standard InChI is InChI=1S/C14H20S/c1-4-5-6-13(3)15-11-14-9-7-12(2)8-10-14/h7-10H,3-6,11H2,1-2H3. The predicted octanol–water partition coefficient (Wildman–Crippen LogP) is 4.93. The lowest BCUT2D eigenvalue weighted by Gasteiger charge is -2.05. The first-order valence-corrected chi connectivity index (χ1v) is 6.57. The van der Waals surface area contributed by atoms with Crippen molar-refractivity contribution in [3.05, 3.63) is 46.9 Å². The van der Waals surface area contributed by atoms with Crippen LogP contribution in [-0.4, -0.2) is 0 Å². The molecule has 82 valence electrons. The van der Waals surface area contributed by atoms with Gasteiger partial charge in [-0.2, -0.15) is 0 Å². The van der Waals surface area contributed by atoms with E-state index in [0.29, 0.717) is 0 Å². The van der Waals surface area contributed by atoms with Crippen LogP contribution in [0.1, 0.15) is 37.3 Å². The number of hydrogen-bond donors (Lipinski definition) is 0. The first-order valence-electron chi connectivity index (χ1n) is 5.58. The van der Waals surface area contributed by atoms with Crippen LogP contribution in [0, 0.1) is 6.92 Å². The highest BCUT2D eigenvalue weighted by Crippen LogP contribution is 2.24. The van der Waals surface area contributed by atoms with Gasteiger partial charge in [-0.3, -0.25) is 0 Å². The SMILES string of the molecule is C=C(CCCC)SCc1ccc(C)cc1. The van der Waals surface area contributed by atoms with Crippen LogP contribution in [-0.2, 0) is 5.75 Å². The molecule has 0 aromatic heterocycles. The fourth-order valence-corrected chi connectivity index (χ4v) is 2.17. The third kappa shape index (κ3) is 5.08. The number of hydrogen-bond acceptors (Lipinski definition) is 1. The summed E-state index contributed by atoms with van der Waals surface area (Å²) in [7, 11) is 0. The molecule has 0 N–H and O–H groups in total. The summed E-state index contributed by atoms with van der Waals surface area (Å²) in [6, 6.07) is 8.75. The summed E-state index contributed by atoms with van der Waals surface area (Å²) in [6.07, 6.45) is 3.68. The molecule has 15 heavy (non-hydrogen) atoms. The second-order valence-electron chi connectivity index (χ2n) is 3.92. The van der Waals surface area contributed by atoms with Gasteiger partial charge in [0.2, 0.25) is 0 Å². The molecule has 1 aromatic carbocycles. The van der Waals surface area contributed by atoms with Gasteiger partial charge < -0.3 is 0 Å². The van der Waals surface area contributed by atoms with Gasteiger partial charge in [0, 0.05) is 5.75 Å². The summed E-state index contributed by atoms with van der Waals surface area (Å²) >= 11 is 1.88. The van der Waals surface area contributed by atoms with Crippen molar-refractivity contribution in [3.8, 4) is 0 Å². The Labute approximate surface area is 97.8 Å². The van der Waals surface area contributed by atoms with E-state index in [1.54, 1.807) is 0 Å². The summed E-state index contributed by atoms with van der Waals surface area (Å²) in [5.41, 5.74) is 2.72. The van der Waals surface area contributed by atoms with Crippen LogP contribution in [0.3, 0.4) is 0 Å². The Bertz CT molecular complexity index is 298. The van der Waals surface area contributed by atoms with E-state index in [-0.39, 0.29) is 0 Å². The van der Waals surface area contributed by atoms with E-state index in [9.17, 15) is 0 Å². The van der Waals surface area contributed by atoms with Gasteiger partial charge in [-0.05, 0) is 30.2 Å². The zero-order chi connectivity index (χ0) is 11.1. The average molecular weight is 220 g/mol. The predicted molar refractivity (Wildman–Crippen MR) is 71.1 cm³/mol. The highest BCUT2D eigenvalue weighted by Gasteiger charge is 1.97. The summed E-state index contributed by atoms with van der Waals surface area (Å²) < 4.78 is 0. The minimum absolute atomic E-state index is 1.06. The highest BCUT2D eigenvalue weighted by atomic mass is 32.2. The monoisotopic (exact) mass is 220 g/mol. The molecule has 1 aromatic rings. The lowest BCUT2D eigenvalue weighted by atomic mass is 10.2. The molecule has 0 saturated heterocycles. The van der Waals surface area contributed by atoms with Crippen molar-refractivity contribution in [1.29, 1.82) is 0 Å². The molecule has 0 aliphatic carbocycles. The Morgan fingerprint density at radius 3 is 2.53 bits per heavy atom. The normalized spacial score (nSPS) is 10.3. The molecule has 0 aliphatic rings. The molecule has 0 unspecified atom stereocenters. The first kappa shape index (κ1) is 12.4. The second-order valence-corrected chi connectivity index (χ2v) is 5.07. The maximum Gasteiger partial charge on any atom is 0.0228 e. The fraction of sp³-hybridized carbons (Fsp3) is 0.429. The number of allylic oxidation sites excluding steroid dienone is 1. The minimum Gasteiger partial charge on any atom is -0.126 e. The Kier molecular flexibility index (Phi) is 5.56. The third-order valence-corrected chi connectivity index (χ3v) is 3.46. The smallest absolute Gasteiger partial charge is 0.0228 e. The second kappa shape index (κ2) is 6.73. The third-order valence-electron chi connectivity index (χ3n) is 2.37. The molecule has 0 nitrogen and oxygen atoms in total. The number of unbranched alkanes of at least 4 members (excludes halogenated alkanes) is 1. The molecule has 0 spiro atoms. The van der Waals surface area contributed by atoms with Gasteiger partial charge in [0.1, 0.15) is 0 Å². The summed E-state index contributed by atoms with van der Waals surface area (Å²) in [5, 5.41) is 0. The molecule has 0 fully saturated rings. The van der Waals surface area contributed by atoms with E-state index in [4.69, 9.17) is 0 Å². The van der Waals surface area contributed by atoms with Crippen molar-refractivity contribution in [1.82, 2.24) is 0 Å². The van der Waals surface area contributed by atoms with Crippen molar-refractivity contribution in [2.24, 2.45) is 0 Å². The first-order chi connectivity index (χ1) is 7.22. The van der Waals surface area contributed by atoms with Crippen molar-refractivity contribution >= 4 is 11.8 Å². The molecule has 0 amide bonds. The topological polar surface area (TPSA) is 0 Å². The molecule has 0 radical (unpaired) electrons. The largest absolute Gasteiger partial charge is 0.126 e. The number of benzene rings is 1. The van der Waals surface area contributed by atoms with Crippen molar-refractivity contribution in [2.45, 2.75) is 38.9 Å². The molecule has 1 heteroatoms. The molecule has 0 bridgehead atoms.